The molecule has 0 aliphatic carbocycles. The Hall–Kier alpha value is -1.39. The highest BCUT2D eigenvalue weighted by Crippen LogP contribution is 2.24. The monoisotopic (exact) mass is 262 g/mol. The third-order valence-electron chi connectivity index (χ3n) is 3.54. The van der Waals surface area contributed by atoms with Crippen LogP contribution in [-0.2, 0) is 10.4 Å². The van der Waals surface area contributed by atoms with Crippen LogP contribution in [-0.4, -0.2) is 29.1 Å². The molecule has 0 bridgehead atoms. The van der Waals surface area contributed by atoms with E-state index >= 15 is 0 Å². The van der Waals surface area contributed by atoms with Crippen molar-refractivity contribution in [1.29, 1.82) is 0 Å². The van der Waals surface area contributed by atoms with Crippen molar-refractivity contribution >= 4 is 5.91 Å². The number of hydrazine groups is 1. The van der Waals surface area contributed by atoms with Gasteiger partial charge >= 0.3 is 0 Å². The zero-order valence-corrected chi connectivity index (χ0v) is 11.4. The van der Waals surface area contributed by atoms with E-state index in [0.29, 0.717) is 0 Å². The van der Waals surface area contributed by atoms with Crippen LogP contribution < -0.4 is 5.43 Å². The lowest BCUT2D eigenvalue weighted by atomic mass is 9.92. The van der Waals surface area contributed by atoms with E-state index in [1.54, 1.807) is 6.92 Å². The Labute approximate surface area is 114 Å². The number of nitrogens with one attached hydrogen (secondary N) is 1. The molecule has 19 heavy (non-hydrogen) atoms. The number of amides is 1. The molecule has 1 saturated heterocycles. The quantitative estimate of drug-likeness (QED) is 0.870. The largest absolute Gasteiger partial charge is 0.385 e. The van der Waals surface area contributed by atoms with E-state index in [4.69, 9.17) is 0 Å². The van der Waals surface area contributed by atoms with E-state index < -0.39 is 5.60 Å². The van der Waals surface area contributed by atoms with Crippen LogP contribution in [0.3, 0.4) is 0 Å². The third kappa shape index (κ3) is 4.04. The second-order valence-corrected chi connectivity index (χ2v) is 5.40. The zero-order valence-electron chi connectivity index (χ0n) is 11.4. The van der Waals surface area contributed by atoms with Crippen molar-refractivity contribution in [1.82, 2.24) is 10.4 Å². The average molecular weight is 262 g/mol. The first-order valence-corrected chi connectivity index (χ1v) is 6.90. The second kappa shape index (κ2) is 6.17. The molecule has 1 amide bonds. The van der Waals surface area contributed by atoms with Crippen molar-refractivity contribution in [3.8, 4) is 0 Å². The molecule has 4 nitrogen and oxygen atoms in total. The van der Waals surface area contributed by atoms with E-state index in [1.807, 2.05) is 35.3 Å². The fourth-order valence-corrected chi connectivity index (χ4v) is 2.43. The fraction of sp³-hybridized carbons (Fsp3) is 0.533. The number of hydrogen-bond acceptors (Lipinski definition) is 3. The number of hydrogen-bond donors (Lipinski definition) is 2. The minimum atomic E-state index is -1.12. The molecule has 1 heterocycles. The number of benzene rings is 1. The molecule has 1 aromatic rings. The van der Waals surface area contributed by atoms with E-state index in [2.05, 4.69) is 5.43 Å². The SMILES string of the molecule is CC(O)(CC(=O)NN1CCCCC1)c1ccccc1. The van der Waals surface area contributed by atoms with E-state index in [9.17, 15) is 9.90 Å². The smallest absolute Gasteiger partial charge is 0.237 e. The Bertz CT molecular complexity index is 411. The number of carbonyl (C=O) groups excluding carboxylic acids is 1. The van der Waals surface area contributed by atoms with E-state index in [0.717, 1.165) is 31.5 Å². The number of nitrogens with zero attached hydrogens (tertiary/aromatic N) is 1. The van der Waals surface area contributed by atoms with Gasteiger partial charge < -0.3 is 5.11 Å². The lowest BCUT2D eigenvalue weighted by molar-refractivity contribution is -0.131. The summed E-state index contributed by atoms with van der Waals surface area (Å²) < 4.78 is 0. The van der Waals surface area contributed by atoms with Crippen molar-refractivity contribution in [2.24, 2.45) is 0 Å². The summed E-state index contributed by atoms with van der Waals surface area (Å²) in [5.74, 6) is -0.129. The summed E-state index contributed by atoms with van der Waals surface area (Å²) in [6.45, 7) is 3.48. The number of aliphatic hydroxyl groups is 1. The van der Waals surface area contributed by atoms with Gasteiger partial charge in [0.2, 0.25) is 5.91 Å². The Balaban J connectivity index is 1.90. The maximum atomic E-state index is 12.0. The van der Waals surface area contributed by atoms with Crippen molar-refractivity contribution in [2.75, 3.05) is 13.1 Å². The topological polar surface area (TPSA) is 52.6 Å². The highest BCUT2D eigenvalue weighted by molar-refractivity contribution is 5.76. The maximum absolute atomic E-state index is 12.0. The molecule has 2 rings (SSSR count). The van der Waals surface area contributed by atoms with Gasteiger partial charge in [0.25, 0.3) is 0 Å². The van der Waals surface area contributed by atoms with Crippen LogP contribution >= 0.6 is 0 Å². The van der Waals surface area contributed by atoms with E-state index in [-0.39, 0.29) is 12.3 Å². The van der Waals surface area contributed by atoms with Crippen LogP contribution in [0.5, 0.6) is 0 Å². The molecule has 0 aromatic heterocycles. The summed E-state index contributed by atoms with van der Waals surface area (Å²) in [4.78, 5) is 12.0. The van der Waals surface area contributed by atoms with Crippen LogP contribution in [0.1, 0.15) is 38.2 Å². The summed E-state index contributed by atoms with van der Waals surface area (Å²) in [6, 6.07) is 9.31. The molecule has 1 unspecified atom stereocenters. The van der Waals surface area contributed by atoms with Gasteiger partial charge in [0.15, 0.2) is 0 Å². The van der Waals surface area contributed by atoms with Crippen molar-refractivity contribution in [2.45, 2.75) is 38.2 Å². The predicted molar refractivity (Wildman–Crippen MR) is 74.2 cm³/mol. The van der Waals surface area contributed by atoms with Gasteiger partial charge in [-0.3, -0.25) is 10.2 Å². The summed E-state index contributed by atoms with van der Waals surface area (Å²) in [6.07, 6.45) is 3.55. The summed E-state index contributed by atoms with van der Waals surface area (Å²) >= 11 is 0. The molecule has 2 N–H and O–H groups in total. The standard InChI is InChI=1S/C15H22N2O2/c1-15(19,13-8-4-2-5-9-13)12-14(18)16-17-10-6-3-7-11-17/h2,4-5,8-9,19H,3,6-7,10-12H2,1H3,(H,16,18). The van der Waals surface area contributed by atoms with Crippen LogP contribution in [0, 0.1) is 0 Å². The molecule has 0 spiro atoms. The molecular formula is C15H22N2O2. The van der Waals surface area contributed by atoms with Crippen LogP contribution in [0.4, 0.5) is 0 Å². The Morgan fingerprint density at radius 2 is 1.89 bits per heavy atom. The van der Waals surface area contributed by atoms with Crippen LogP contribution in [0.2, 0.25) is 0 Å². The second-order valence-electron chi connectivity index (χ2n) is 5.40. The molecule has 1 atom stereocenters. The molecular weight excluding hydrogens is 240 g/mol. The predicted octanol–water partition coefficient (Wildman–Crippen LogP) is 1.80. The molecule has 1 aromatic carbocycles. The molecule has 104 valence electrons. The normalized spacial score (nSPS) is 19.7. The summed E-state index contributed by atoms with van der Waals surface area (Å²) in [5.41, 5.74) is 2.52. The summed E-state index contributed by atoms with van der Waals surface area (Å²) in [7, 11) is 0. The van der Waals surface area contributed by atoms with Gasteiger partial charge in [-0.2, -0.15) is 0 Å². The van der Waals surface area contributed by atoms with Gasteiger partial charge in [-0.1, -0.05) is 36.8 Å². The van der Waals surface area contributed by atoms with Crippen molar-refractivity contribution in [3.63, 3.8) is 0 Å². The van der Waals surface area contributed by atoms with Gasteiger partial charge in [0.1, 0.15) is 0 Å². The Morgan fingerprint density at radius 1 is 1.26 bits per heavy atom. The average Bonchev–Trinajstić information content (AvgIpc) is 2.40. The Morgan fingerprint density at radius 3 is 2.53 bits per heavy atom. The Kier molecular flexibility index (Phi) is 4.56. The molecule has 0 saturated carbocycles. The van der Waals surface area contributed by atoms with Crippen molar-refractivity contribution < 1.29 is 9.90 Å². The van der Waals surface area contributed by atoms with Gasteiger partial charge in [0.05, 0.1) is 12.0 Å². The highest BCUT2D eigenvalue weighted by atomic mass is 16.3. The lowest BCUT2D eigenvalue weighted by Gasteiger charge is -2.29. The van der Waals surface area contributed by atoms with Gasteiger partial charge in [-0.15, -0.1) is 0 Å². The van der Waals surface area contributed by atoms with Gasteiger partial charge in [-0.05, 0) is 25.3 Å². The van der Waals surface area contributed by atoms with Gasteiger partial charge in [0, 0.05) is 13.1 Å². The highest BCUT2D eigenvalue weighted by Gasteiger charge is 2.27. The first-order chi connectivity index (χ1) is 9.08. The molecule has 4 heteroatoms. The molecule has 1 aliphatic heterocycles. The maximum Gasteiger partial charge on any atom is 0.237 e. The molecule has 0 radical (unpaired) electrons. The third-order valence-corrected chi connectivity index (χ3v) is 3.54. The van der Waals surface area contributed by atoms with Crippen LogP contribution in [0.15, 0.2) is 30.3 Å². The fourth-order valence-electron chi connectivity index (χ4n) is 2.43. The van der Waals surface area contributed by atoms with Gasteiger partial charge in [-0.25, -0.2) is 5.01 Å². The number of piperidine rings is 1. The minimum absolute atomic E-state index is 0.0769. The molecule has 1 aliphatic rings. The van der Waals surface area contributed by atoms with Crippen LogP contribution in [0.25, 0.3) is 0 Å². The minimum Gasteiger partial charge on any atom is -0.385 e. The number of rotatable bonds is 4. The van der Waals surface area contributed by atoms with Crippen molar-refractivity contribution in [3.05, 3.63) is 35.9 Å². The molecule has 1 fully saturated rings. The zero-order chi connectivity index (χ0) is 13.7. The lowest BCUT2D eigenvalue weighted by Crippen LogP contribution is -2.46. The first kappa shape index (κ1) is 14.0. The van der Waals surface area contributed by atoms with E-state index in [1.165, 1.54) is 6.42 Å². The number of carbonyl (C=O) groups is 1. The first-order valence-electron chi connectivity index (χ1n) is 6.90. The summed E-state index contributed by atoms with van der Waals surface area (Å²) in [5, 5.41) is 12.4.